The molecule has 0 spiro atoms. The second-order valence-corrected chi connectivity index (χ2v) is 9.65. The van der Waals surface area contributed by atoms with Gasteiger partial charge in [0.25, 0.3) is 17.4 Å². The Morgan fingerprint density at radius 2 is 1.63 bits per heavy atom. The molecule has 0 bridgehead atoms. The lowest BCUT2D eigenvalue weighted by atomic mass is 10.1. The summed E-state index contributed by atoms with van der Waals surface area (Å²) in [5, 5.41) is 7.09. The molecule has 0 saturated heterocycles. The number of hydrogen-bond donors (Lipinski definition) is 2. The maximum atomic E-state index is 13.1. The van der Waals surface area contributed by atoms with Gasteiger partial charge in [0.15, 0.2) is 6.10 Å². The molecule has 0 radical (unpaired) electrons. The molecule has 2 amide bonds. The molecular formula is C28H28N4O5S. The highest BCUT2D eigenvalue weighted by atomic mass is 32.1. The highest BCUT2D eigenvalue weighted by molar-refractivity contribution is 7.12. The number of aromatic nitrogens is 2. The van der Waals surface area contributed by atoms with Crippen LogP contribution in [-0.2, 0) is 27.8 Å². The van der Waals surface area contributed by atoms with Gasteiger partial charge in [-0.1, -0.05) is 54.6 Å². The summed E-state index contributed by atoms with van der Waals surface area (Å²) in [4.78, 5) is 52.3. The highest BCUT2D eigenvalue weighted by Gasteiger charge is 2.28. The summed E-state index contributed by atoms with van der Waals surface area (Å²) in [7, 11) is 1.72. The van der Waals surface area contributed by atoms with Crippen LogP contribution >= 0.6 is 11.3 Å². The Balaban J connectivity index is 1.48. The maximum Gasteiger partial charge on any atom is 0.329 e. The first-order valence-electron chi connectivity index (χ1n) is 12.0. The smallest absolute Gasteiger partial charge is 0.329 e. The molecule has 2 aromatic heterocycles. The Hall–Kier alpha value is -4.44. The average Bonchev–Trinajstić information content (AvgIpc) is 3.53. The molecule has 2 atom stereocenters. The third kappa shape index (κ3) is 5.92. The van der Waals surface area contributed by atoms with Gasteiger partial charge in [-0.05, 0) is 43.0 Å². The van der Waals surface area contributed by atoms with E-state index in [1.54, 1.807) is 48.3 Å². The van der Waals surface area contributed by atoms with Crippen molar-refractivity contribution in [2.24, 2.45) is 7.05 Å². The highest BCUT2D eigenvalue weighted by Crippen LogP contribution is 2.15. The van der Waals surface area contributed by atoms with Crippen LogP contribution in [0.25, 0.3) is 5.69 Å². The van der Waals surface area contributed by atoms with Crippen LogP contribution in [0, 0.1) is 6.92 Å². The maximum absolute atomic E-state index is 13.1. The van der Waals surface area contributed by atoms with Gasteiger partial charge in [0, 0.05) is 13.5 Å². The topological polar surface area (TPSA) is 111 Å². The van der Waals surface area contributed by atoms with Crippen molar-refractivity contribution in [1.82, 2.24) is 14.7 Å². The quantitative estimate of drug-likeness (QED) is 0.321. The van der Waals surface area contributed by atoms with E-state index in [0.29, 0.717) is 16.3 Å². The number of carbonyl (C=O) groups is 3. The second kappa shape index (κ2) is 11.7. The van der Waals surface area contributed by atoms with E-state index in [9.17, 15) is 19.2 Å². The van der Waals surface area contributed by atoms with Gasteiger partial charge in [-0.15, -0.1) is 11.3 Å². The van der Waals surface area contributed by atoms with Crippen molar-refractivity contribution < 1.29 is 19.1 Å². The zero-order valence-electron chi connectivity index (χ0n) is 21.2. The summed E-state index contributed by atoms with van der Waals surface area (Å²) in [6, 6.07) is 20.6. The Kier molecular flexibility index (Phi) is 8.22. The summed E-state index contributed by atoms with van der Waals surface area (Å²) in [6.45, 7) is 3.13. The van der Waals surface area contributed by atoms with E-state index < -0.39 is 35.5 Å². The van der Waals surface area contributed by atoms with Gasteiger partial charge in [0.2, 0.25) is 0 Å². The number of hydrogen-bond acceptors (Lipinski definition) is 6. The van der Waals surface area contributed by atoms with E-state index >= 15 is 0 Å². The molecule has 2 aromatic carbocycles. The van der Waals surface area contributed by atoms with Crippen LogP contribution in [0.4, 0.5) is 5.69 Å². The van der Waals surface area contributed by atoms with Gasteiger partial charge in [0.1, 0.15) is 11.7 Å². The van der Waals surface area contributed by atoms with Gasteiger partial charge in [-0.2, -0.15) is 0 Å². The van der Waals surface area contributed by atoms with Crippen molar-refractivity contribution in [3.05, 3.63) is 105 Å². The molecule has 10 heteroatoms. The van der Waals surface area contributed by atoms with Crippen LogP contribution in [-0.4, -0.2) is 39.3 Å². The number of ether oxygens (including phenoxy) is 1. The predicted molar refractivity (Wildman–Crippen MR) is 146 cm³/mol. The molecule has 4 aromatic rings. The number of para-hydroxylation sites is 1. The van der Waals surface area contributed by atoms with Crippen molar-refractivity contribution in [2.45, 2.75) is 32.4 Å². The molecule has 0 saturated carbocycles. The standard InChI is InChI=1S/C28H28N4O5S/c1-18-24(27(35)32(31(18)3)21-13-8-5-9-14-21)30-25(33)19(2)37-28(36)22(17-20-11-6-4-7-12-20)29-26(34)23-15-10-16-38-23/h4-16,19,22H,17H2,1-3H3,(H,29,34)(H,30,33). The van der Waals surface area contributed by atoms with Gasteiger partial charge < -0.3 is 15.4 Å². The van der Waals surface area contributed by atoms with Crippen LogP contribution in [0.1, 0.15) is 27.9 Å². The van der Waals surface area contributed by atoms with Crippen molar-refractivity contribution in [1.29, 1.82) is 0 Å². The van der Waals surface area contributed by atoms with E-state index in [1.807, 2.05) is 48.5 Å². The number of nitrogens with one attached hydrogen (secondary N) is 2. The lowest BCUT2D eigenvalue weighted by Crippen LogP contribution is -2.45. The van der Waals surface area contributed by atoms with Crippen LogP contribution in [0.5, 0.6) is 0 Å². The van der Waals surface area contributed by atoms with Crippen molar-refractivity contribution in [2.75, 3.05) is 5.32 Å². The van der Waals surface area contributed by atoms with E-state index in [0.717, 1.165) is 5.56 Å². The third-order valence-electron chi connectivity index (χ3n) is 6.08. The number of anilines is 1. The lowest BCUT2D eigenvalue weighted by molar-refractivity contribution is -0.155. The fraction of sp³-hybridized carbons (Fsp3) is 0.214. The first-order valence-corrected chi connectivity index (χ1v) is 12.9. The van der Waals surface area contributed by atoms with Crippen molar-refractivity contribution in [3.63, 3.8) is 0 Å². The fourth-order valence-electron chi connectivity index (χ4n) is 3.93. The molecule has 196 valence electrons. The first-order chi connectivity index (χ1) is 18.3. The lowest BCUT2D eigenvalue weighted by Gasteiger charge is -2.20. The van der Waals surface area contributed by atoms with E-state index in [2.05, 4.69) is 10.6 Å². The normalized spacial score (nSPS) is 12.4. The van der Waals surface area contributed by atoms with Crippen LogP contribution < -0.4 is 16.2 Å². The summed E-state index contributed by atoms with van der Waals surface area (Å²) >= 11 is 1.25. The zero-order valence-corrected chi connectivity index (χ0v) is 22.0. The monoisotopic (exact) mass is 532 g/mol. The van der Waals surface area contributed by atoms with Crippen molar-refractivity contribution >= 4 is 34.8 Å². The SMILES string of the molecule is Cc1c(NC(=O)C(C)OC(=O)C(Cc2ccccc2)NC(=O)c2cccs2)c(=O)n(-c2ccccc2)n1C. The van der Waals surface area contributed by atoms with Crippen LogP contribution in [0.2, 0.25) is 0 Å². The zero-order chi connectivity index (χ0) is 27.2. The van der Waals surface area contributed by atoms with Crippen LogP contribution in [0.3, 0.4) is 0 Å². The van der Waals surface area contributed by atoms with Gasteiger partial charge in [-0.3, -0.25) is 19.1 Å². The minimum Gasteiger partial charge on any atom is -0.451 e. The van der Waals surface area contributed by atoms with E-state index in [1.165, 1.54) is 22.9 Å². The molecule has 0 aliphatic rings. The second-order valence-electron chi connectivity index (χ2n) is 8.70. The number of amides is 2. The molecule has 4 rings (SSSR count). The van der Waals surface area contributed by atoms with Gasteiger partial charge in [0.05, 0.1) is 16.3 Å². The molecule has 0 aliphatic carbocycles. The molecule has 0 aliphatic heterocycles. The number of rotatable bonds is 9. The number of carbonyl (C=O) groups excluding carboxylic acids is 3. The number of benzene rings is 2. The van der Waals surface area contributed by atoms with E-state index in [4.69, 9.17) is 4.74 Å². The summed E-state index contributed by atoms with van der Waals surface area (Å²) in [5.74, 6) is -1.82. The Bertz CT molecular complexity index is 1480. The fourth-order valence-corrected chi connectivity index (χ4v) is 4.55. The first kappa shape index (κ1) is 26.6. The molecule has 38 heavy (non-hydrogen) atoms. The third-order valence-corrected chi connectivity index (χ3v) is 6.95. The van der Waals surface area contributed by atoms with E-state index in [-0.39, 0.29) is 12.1 Å². The molecule has 9 nitrogen and oxygen atoms in total. The summed E-state index contributed by atoms with van der Waals surface area (Å²) in [5.41, 5.74) is 1.69. The molecule has 2 unspecified atom stereocenters. The summed E-state index contributed by atoms with van der Waals surface area (Å²) < 4.78 is 8.54. The molecule has 2 heterocycles. The Labute approximate surface area is 223 Å². The number of esters is 1. The van der Waals surface area contributed by atoms with Gasteiger partial charge in [-0.25, -0.2) is 9.48 Å². The Morgan fingerprint density at radius 1 is 0.974 bits per heavy atom. The number of nitrogens with zero attached hydrogens (tertiary/aromatic N) is 2. The minimum absolute atomic E-state index is 0.0936. The largest absolute Gasteiger partial charge is 0.451 e. The predicted octanol–water partition coefficient (Wildman–Crippen LogP) is 3.46. The van der Waals surface area contributed by atoms with Crippen LogP contribution in [0.15, 0.2) is 83.0 Å². The average molecular weight is 533 g/mol. The summed E-state index contributed by atoms with van der Waals surface area (Å²) in [6.07, 6.45) is -1.03. The molecule has 0 fully saturated rings. The molecule has 2 N–H and O–H groups in total. The van der Waals surface area contributed by atoms with Crippen molar-refractivity contribution in [3.8, 4) is 5.69 Å². The Morgan fingerprint density at radius 3 is 2.26 bits per heavy atom. The number of thiophene rings is 1. The minimum atomic E-state index is -1.22. The molecular weight excluding hydrogens is 504 g/mol. The van der Waals surface area contributed by atoms with Gasteiger partial charge >= 0.3 is 5.97 Å².